The van der Waals surface area contributed by atoms with Gasteiger partial charge in [0.15, 0.2) is 0 Å². The lowest BCUT2D eigenvalue weighted by atomic mass is 9.95. The summed E-state index contributed by atoms with van der Waals surface area (Å²) in [5.74, 6) is 1.53. The molecule has 1 N–H and O–H groups in total. The maximum atomic E-state index is 11.8. The highest BCUT2D eigenvalue weighted by atomic mass is 16.5. The number of carbonyl (C=O) groups is 1. The van der Waals surface area contributed by atoms with Crippen LogP contribution in [0.5, 0.6) is 5.75 Å². The van der Waals surface area contributed by atoms with Crippen molar-refractivity contribution in [3.8, 4) is 5.75 Å². The number of hydrogen-bond acceptors (Lipinski definition) is 3. The summed E-state index contributed by atoms with van der Waals surface area (Å²) in [6, 6.07) is 7.62. The number of nitrogens with zero attached hydrogens (tertiary/aromatic N) is 1. The summed E-state index contributed by atoms with van der Waals surface area (Å²) in [4.78, 5) is 16.7. The van der Waals surface area contributed by atoms with Gasteiger partial charge in [-0.3, -0.25) is 9.79 Å². The third kappa shape index (κ3) is 5.17. The van der Waals surface area contributed by atoms with E-state index in [9.17, 15) is 4.79 Å². The van der Waals surface area contributed by atoms with Gasteiger partial charge in [-0.15, -0.1) is 0 Å². The predicted molar refractivity (Wildman–Crippen MR) is 91.5 cm³/mol. The number of hydrogen-bond donors (Lipinski definition) is 1. The van der Waals surface area contributed by atoms with Crippen molar-refractivity contribution in [2.24, 2.45) is 16.8 Å². The van der Waals surface area contributed by atoms with Crippen molar-refractivity contribution in [1.29, 1.82) is 0 Å². The van der Waals surface area contributed by atoms with Crippen LogP contribution in [0.25, 0.3) is 0 Å². The molecular weight excluding hydrogens is 276 g/mol. The van der Waals surface area contributed by atoms with Gasteiger partial charge >= 0.3 is 0 Å². The van der Waals surface area contributed by atoms with E-state index in [-0.39, 0.29) is 11.9 Å². The molecule has 0 spiro atoms. The molecule has 122 valence electrons. The standard InChI is InChI=1S/C18H28N2O2/c1-12(2)18(13(3)4)20-16(11-17(21)19-5)14-7-9-15(22-6)10-8-14/h7-10,12-13,16H,11H2,1-6H3,(H,19,21). The van der Waals surface area contributed by atoms with Crippen molar-refractivity contribution in [2.75, 3.05) is 14.2 Å². The Morgan fingerprint density at radius 2 is 1.68 bits per heavy atom. The van der Waals surface area contributed by atoms with E-state index in [0.29, 0.717) is 18.3 Å². The largest absolute Gasteiger partial charge is 0.497 e. The lowest BCUT2D eigenvalue weighted by Crippen LogP contribution is -2.22. The molecule has 0 radical (unpaired) electrons. The van der Waals surface area contributed by atoms with Crippen LogP contribution < -0.4 is 10.1 Å². The molecule has 1 aromatic carbocycles. The van der Waals surface area contributed by atoms with E-state index in [2.05, 4.69) is 33.0 Å². The first-order valence-electron chi connectivity index (χ1n) is 7.81. The van der Waals surface area contributed by atoms with Crippen molar-refractivity contribution in [3.63, 3.8) is 0 Å². The van der Waals surface area contributed by atoms with Crippen molar-refractivity contribution in [3.05, 3.63) is 29.8 Å². The molecule has 1 atom stereocenters. The maximum Gasteiger partial charge on any atom is 0.222 e. The Morgan fingerprint density at radius 3 is 2.09 bits per heavy atom. The zero-order chi connectivity index (χ0) is 16.7. The Kier molecular flexibility index (Phi) is 7.09. The first-order valence-corrected chi connectivity index (χ1v) is 7.81. The highest BCUT2D eigenvalue weighted by molar-refractivity contribution is 5.88. The van der Waals surface area contributed by atoms with Gasteiger partial charge in [0, 0.05) is 12.8 Å². The van der Waals surface area contributed by atoms with E-state index in [4.69, 9.17) is 9.73 Å². The Labute approximate surface area is 134 Å². The van der Waals surface area contributed by atoms with Gasteiger partial charge in [-0.2, -0.15) is 0 Å². The number of rotatable bonds is 7. The number of aliphatic imine (C=N–C) groups is 1. The molecule has 22 heavy (non-hydrogen) atoms. The van der Waals surface area contributed by atoms with Crippen molar-refractivity contribution in [1.82, 2.24) is 5.32 Å². The number of carbonyl (C=O) groups excluding carboxylic acids is 1. The Morgan fingerprint density at radius 1 is 1.14 bits per heavy atom. The summed E-state index contributed by atoms with van der Waals surface area (Å²) in [6.45, 7) is 8.57. The average Bonchev–Trinajstić information content (AvgIpc) is 2.50. The van der Waals surface area contributed by atoms with Gasteiger partial charge in [0.25, 0.3) is 0 Å². The topological polar surface area (TPSA) is 50.7 Å². The highest BCUT2D eigenvalue weighted by Crippen LogP contribution is 2.26. The molecule has 0 bridgehead atoms. The van der Waals surface area contributed by atoms with Crippen LogP contribution in [0.2, 0.25) is 0 Å². The zero-order valence-corrected chi connectivity index (χ0v) is 14.5. The minimum atomic E-state index is -0.161. The number of methoxy groups -OCH3 is 1. The van der Waals surface area contributed by atoms with E-state index in [1.165, 1.54) is 0 Å². The minimum Gasteiger partial charge on any atom is -0.497 e. The second-order valence-electron chi connectivity index (χ2n) is 6.03. The minimum absolute atomic E-state index is 0.00331. The van der Waals surface area contributed by atoms with Crippen LogP contribution in [-0.4, -0.2) is 25.8 Å². The second-order valence-corrected chi connectivity index (χ2v) is 6.03. The molecule has 1 rings (SSSR count). The van der Waals surface area contributed by atoms with Crippen LogP contribution in [0, 0.1) is 11.8 Å². The zero-order valence-electron chi connectivity index (χ0n) is 14.5. The molecule has 1 unspecified atom stereocenters. The second kappa shape index (κ2) is 8.57. The van der Waals surface area contributed by atoms with E-state index in [1.54, 1.807) is 14.2 Å². The molecule has 0 fully saturated rings. The summed E-state index contributed by atoms with van der Waals surface area (Å²) in [5, 5.41) is 2.69. The fraction of sp³-hybridized carbons (Fsp3) is 0.556. The normalized spacial score (nSPS) is 12.2. The predicted octanol–water partition coefficient (Wildman–Crippen LogP) is 3.63. The molecular formula is C18H28N2O2. The van der Waals surface area contributed by atoms with Gasteiger partial charge in [0.05, 0.1) is 19.6 Å². The Hall–Kier alpha value is -1.84. The monoisotopic (exact) mass is 304 g/mol. The van der Waals surface area contributed by atoms with E-state index in [0.717, 1.165) is 17.0 Å². The molecule has 4 heteroatoms. The SMILES string of the molecule is CNC(=O)CC(N=C(C(C)C)C(C)C)c1ccc(OC)cc1. The quantitative estimate of drug-likeness (QED) is 0.782. The first-order chi connectivity index (χ1) is 10.4. The van der Waals surface area contributed by atoms with Gasteiger partial charge in [0.1, 0.15) is 5.75 Å². The third-order valence-electron chi connectivity index (χ3n) is 3.65. The van der Waals surface area contributed by atoms with E-state index < -0.39 is 0 Å². The van der Waals surface area contributed by atoms with Crippen LogP contribution in [-0.2, 0) is 4.79 Å². The van der Waals surface area contributed by atoms with Gasteiger partial charge in [-0.05, 0) is 29.5 Å². The summed E-state index contributed by atoms with van der Waals surface area (Å²) in [7, 11) is 3.30. The molecule has 1 aromatic rings. The fourth-order valence-corrected chi connectivity index (χ4v) is 2.49. The lowest BCUT2D eigenvalue weighted by molar-refractivity contribution is -0.120. The van der Waals surface area contributed by atoms with Crippen molar-refractivity contribution >= 4 is 11.6 Å². The van der Waals surface area contributed by atoms with Crippen LogP contribution in [0.15, 0.2) is 29.3 Å². The summed E-state index contributed by atoms with van der Waals surface area (Å²) >= 11 is 0. The number of ether oxygens (including phenoxy) is 1. The fourth-order valence-electron chi connectivity index (χ4n) is 2.49. The number of amides is 1. The molecule has 0 aliphatic rings. The third-order valence-corrected chi connectivity index (χ3v) is 3.65. The molecule has 0 saturated heterocycles. The molecule has 4 nitrogen and oxygen atoms in total. The van der Waals surface area contributed by atoms with Gasteiger partial charge in [-0.25, -0.2) is 0 Å². The van der Waals surface area contributed by atoms with Gasteiger partial charge in [-0.1, -0.05) is 39.8 Å². The molecule has 0 heterocycles. The highest BCUT2D eigenvalue weighted by Gasteiger charge is 2.18. The molecule has 0 aliphatic carbocycles. The van der Waals surface area contributed by atoms with Crippen LogP contribution in [0.1, 0.15) is 45.7 Å². The van der Waals surface area contributed by atoms with E-state index >= 15 is 0 Å². The first kappa shape index (κ1) is 18.2. The van der Waals surface area contributed by atoms with Crippen LogP contribution >= 0.6 is 0 Å². The van der Waals surface area contributed by atoms with Crippen molar-refractivity contribution in [2.45, 2.75) is 40.2 Å². The summed E-state index contributed by atoms with van der Waals surface area (Å²) in [6.07, 6.45) is 0.353. The van der Waals surface area contributed by atoms with Crippen LogP contribution in [0.3, 0.4) is 0 Å². The van der Waals surface area contributed by atoms with E-state index in [1.807, 2.05) is 24.3 Å². The number of nitrogens with one attached hydrogen (secondary N) is 1. The average molecular weight is 304 g/mol. The maximum absolute atomic E-state index is 11.8. The smallest absolute Gasteiger partial charge is 0.222 e. The van der Waals surface area contributed by atoms with Gasteiger partial charge < -0.3 is 10.1 Å². The molecule has 0 aliphatic heterocycles. The number of benzene rings is 1. The Bertz CT molecular complexity index is 494. The summed E-state index contributed by atoms with van der Waals surface area (Å²) < 4.78 is 5.19. The Balaban J connectivity index is 3.16. The summed E-state index contributed by atoms with van der Waals surface area (Å²) in [5.41, 5.74) is 2.17. The molecule has 1 amide bonds. The molecule has 0 saturated carbocycles. The van der Waals surface area contributed by atoms with Crippen molar-refractivity contribution < 1.29 is 9.53 Å². The molecule has 0 aromatic heterocycles. The van der Waals surface area contributed by atoms with Crippen LogP contribution in [0.4, 0.5) is 0 Å². The lowest BCUT2D eigenvalue weighted by Gasteiger charge is -2.20. The van der Waals surface area contributed by atoms with Gasteiger partial charge in [0.2, 0.25) is 5.91 Å².